The summed E-state index contributed by atoms with van der Waals surface area (Å²) in [5, 5.41) is 6.26. The van der Waals surface area contributed by atoms with E-state index in [0.717, 1.165) is 11.3 Å². The van der Waals surface area contributed by atoms with E-state index >= 15 is 0 Å². The molecule has 0 spiro atoms. The van der Waals surface area contributed by atoms with Crippen molar-refractivity contribution in [2.24, 2.45) is 5.73 Å². The molecule has 2 amide bonds. The van der Waals surface area contributed by atoms with Crippen molar-refractivity contribution in [1.29, 1.82) is 0 Å². The number of rotatable bonds is 6. The van der Waals surface area contributed by atoms with E-state index in [1.807, 2.05) is 6.92 Å². The summed E-state index contributed by atoms with van der Waals surface area (Å²) < 4.78 is 9.72. The third-order valence-electron chi connectivity index (χ3n) is 2.07. The fraction of sp³-hybridized carbons (Fsp3) is 0.500. The highest BCUT2D eigenvalue weighted by atomic mass is 16.5. The molecule has 3 N–H and O–H groups in total. The SMILES string of the molecule is CCc1c(C)noc1NC(=O)COCC(N)=O. The van der Waals surface area contributed by atoms with E-state index in [2.05, 4.69) is 10.5 Å². The van der Waals surface area contributed by atoms with E-state index in [4.69, 9.17) is 15.0 Å². The zero-order chi connectivity index (χ0) is 12.8. The largest absolute Gasteiger partial charge is 0.368 e. The van der Waals surface area contributed by atoms with Crippen LogP contribution in [0.5, 0.6) is 0 Å². The van der Waals surface area contributed by atoms with Crippen LogP contribution in [-0.4, -0.2) is 30.2 Å². The minimum atomic E-state index is -0.623. The molecule has 0 aliphatic carbocycles. The van der Waals surface area contributed by atoms with Gasteiger partial charge in [-0.1, -0.05) is 12.1 Å². The maximum atomic E-state index is 11.4. The van der Waals surface area contributed by atoms with Crippen molar-refractivity contribution in [3.8, 4) is 0 Å². The maximum Gasteiger partial charge on any atom is 0.252 e. The van der Waals surface area contributed by atoms with Gasteiger partial charge in [0.2, 0.25) is 11.8 Å². The van der Waals surface area contributed by atoms with Gasteiger partial charge in [0.15, 0.2) is 0 Å². The van der Waals surface area contributed by atoms with Crippen LogP contribution >= 0.6 is 0 Å². The van der Waals surface area contributed by atoms with Gasteiger partial charge in [0.05, 0.1) is 5.69 Å². The molecule has 0 aliphatic heterocycles. The molecule has 94 valence electrons. The number of amides is 2. The Balaban J connectivity index is 2.47. The molecule has 0 aromatic carbocycles. The van der Waals surface area contributed by atoms with Crippen LogP contribution in [0.2, 0.25) is 0 Å². The summed E-state index contributed by atoms with van der Waals surface area (Å²) in [7, 11) is 0. The minimum Gasteiger partial charge on any atom is -0.368 e. The molecule has 0 radical (unpaired) electrons. The first-order chi connectivity index (χ1) is 8.04. The molecule has 0 saturated heterocycles. The molecule has 1 heterocycles. The summed E-state index contributed by atoms with van der Waals surface area (Å²) in [5.41, 5.74) is 6.43. The van der Waals surface area contributed by atoms with Crippen LogP contribution in [0.25, 0.3) is 0 Å². The molecule has 0 fully saturated rings. The monoisotopic (exact) mass is 241 g/mol. The molecule has 0 bridgehead atoms. The molecule has 0 aliphatic rings. The Hall–Kier alpha value is -1.89. The minimum absolute atomic E-state index is 0.258. The number of nitrogens with zero attached hydrogens (tertiary/aromatic N) is 1. The lowest BCUT2D eigenvalue weighted by Crippen LogP contribution is -2.24. The highest BCUT2D eigenvalue weighted by Crippen LogP contribution is 2.19. The molecular weight excluding hydrogens is 226 g/mol. The second-order valence-electron chi connectivity index (χ2n) is 3.44. The number of carbonyl (C=O) groups excluding carboxylic acids is 2. The summed E-state index contributed by atoms with van der Waals surface area (Å²) in [5.74, 6) is -0.725. The van der Waals surface area contributed by atoms with Gasteiger partial charge in [0.1, 0.15) is 13.2 Å². The molecule has 17 heavy (non-hydrogen) atoms. The maximum absolute atomic E-state index is 11.4. The van der Waals surface area contributed by atoms with E-state index in [9.17, 15) is 9.59 Å². The van der Waals surface area contributed by atoms with E-state index < -0.39 is 11.8 Å². The van der Waals surface area contributed by atoms with Crippen molar-refractivity contribution >= 4 is 17.7 Å². The number of hydrogen-bond acceptors (Lipinski definition) is 5. The van der Waals surface area contributed by atoms with Crippen LogP contribution < -0.4 is 11.1 Å². The highest BCUT2D eigenvalue weighted by molar-refractivity contribution is 5.91. The zero-order valence-corrected chi connectivity index (χ0v) is 9.78. The number of hydrogen-bond donors (Lipinski definition) is 2. The van der Waals surface area contributed by atoms with Crippen LogP contribution in [0.1, 0.15) is 18.2 Å². The molecular formula is C10H15N3O4. The predicted octanol–water partition coefficient (Wildman–Crippen LogP) is -0.0142. The van der Waals surface area contributed by atoms with E-state index in [1.54, 1.807) is 6.92 Å². The molecule has 0 atom stereocenters. The summed E-state index contributed by atoms with van der Waals surface area (Å²) in [6, 6.07) is 0. The molecule has 1 aromatic heterocycles. The average molecular weight is 241 g/mol. The Morgan fingerprint density at radius 2 is 2.18 bits per heavy atom. The third kappa shape index (κ3) is 3.87. The van der Waals surface area contributed by atoms with Crippen molar-refractivity contribution in [3.05, 3.63) is 11.3 Å². The van der Waals surface area contributed by atoms with Crippen molar-refractivity contribution in [3.63, 3.8) is 0 Å². The Morgan fingerprint density at radius 3 is 2.76 bits per heavy atom. The smallest absolute Gasteiger partial charge is 0.252 e. The third-order valence-corrected chi connectivity index (χ3v) is 2.07. The lowest BCUT2D eigenvalue weighted by atomic mass is 10.2. The van der Waals surface area contributed by atoms with Gasteiger partial charge >= 0.3 is 0 Å². The quantitative estimate of drug-likeness (QED) is 0.728. The summed E-state index contributed by atoms with van der Waals surface area (Å²) in [4.78, 5) is 21.8. The lowest BCUT2D eigenvalue weighted by Gasteiger charge is -2.03. The lowest BCUT2D eigenvalue weighted by molar-refractivity contribution is -0.126. The first-order valence-corrected chi connectivity index (χ1v) is 5.15. The number of ether oxygens (including phenoxy) is 1. The topological polar surface area (TPSA) is 107 Å². The number of nitrogens with one attached hydrogen (secondary N) is 1. The van der Waals surface area contributed by atoms with Crippen LogP contribution in [0.3, 0.4) is 0 Å². The standard InChI is InChI=1S/C10H15N3O4/c1-3-7-6(2)13-17-10(7)12-9(15)5-16-4-8(11)14/h3-5H2,1-2H3,(H2,11,14)(H,12,15). The Labute approximate surface area is 98.3 Å². The zero-order valence-electron chi connectivity index (χ0n) is 9.78. The van der Waals surface area contributed by atoms with Crippen molar-refractivity contribution in [2.75, 3.05) is 18.5 Å². The van der Waals surface area contributed by atoms with Crippen LogP contribution in [0.4, 0.5) is 5.88 Å². The first-order valence-electron chi connectivity index (χ1n) is 5.15. The Kier molecular flexibility index (Phi) is 4.65. The van der Waals surface area contributed by atoms with Gasteiger partial charge < -0.3 is 15.0 Å². The summed E-state index contributed by atoms with van der Waals surface area (Å²) in [6.07, 6.45) is 0.701. The number of aromatic nitrogens is 1. The van der Waals surface area contributed by atoms with E-state index in [1.165, 1.54) is 0 Å². The fourth-order valence-electron chi connectivity index (χ4n) is 1.31. The van der Waals surface area contributed by atoms with Gasteiger partial charge in [-0.05, 0) is 13.3 Å². The highest BCUT2D eigenvalue weighted by Gasteiger charge is 2.13. The van der Waals surface area contributed by atoms with Gasteiger partial charge in [-0.25, -0.2) is 0 Å². The Morgan fingerprint density at radius 1 is 1.47 bits per heavy atom. The second-order valence-corrected chi connectivity index (χ2v) is 3.44. The van der Waals surface area contributed by atoms with E-state index in [-0.39, 0.29) is 13.2 Å². The Bertz CT molecular complexity index is 414. The molecule has 0 saturated carbocycles. The summed E-state index contributed by atoms with van der Waals surface area (Å²) in [6.45, 7) is 3.18. The number of nitrogens with two attached hydrogens (primary N) is 1. The second kappa shape index (κ2) is 6.00. The van der Waals surface area contributed by atoms with Gasteiger partial charge in [-0.3, -0.25) is 14.9 Å². The number of aryl methyl sites for hydroxylation is 1. The summed E-state index contributed by atoms with van der Waals surface area (Å²) >= 11 is 0. The average Bonchev–Trinajstić information content (AvgIpc) is 2.58. The predicted molar refractivity (Wildman–Crippen MR) is 59.3 cm³/mol. The number of carbonyl (C=O) groups is 2. The van der Waals surface area contributed by atoms with Crippen LogP contribution in [-0.2, 0) is 20.7 Å². The van der Waals surface area contributed by atoms with Crippen molar-refractivity contribution < 1.29 is 18.8 Å². The molecule has 7 nitrogen and oxygen atoms in total. The normalized spacial score (nSPS) is 10.2. The fourth-order valence-corrected chi connectivity index (χ4v) is 1.31. The van der Waals surface area contributed by atoms with Gasteiger partial charge in [-0.15, -0.1) is 0 Å². The number of primary amides is 1. The van der Waals surface area contributed by atoms with Gasteiger partial charge in [-0.2, -0.15) is 0 Å². The molecule has 7 heteroatoms. The van der Waals surface area contributed by atoms with Crippen LogP contribution in [0, 0.1) is 6.92 Å². The first kappa shape index (κ1) is 13.2. The van der Waals surface area contributed by atoms with Crippen molar-refractivity contribution in [2.45, 2.75) is 20.3 Å². The van der Waals surface area contributed by atoms with Gasteiger partial charge in [0.25, 0.3) is 5.91 Å². The van der Waals surface area contributed by atoms with Gasteiger partial charge in [0, 0.05) is 5.56 Å². The molecule has 1 rings (SSSR count). The number of anilines is 1. The molecule has 0 unspecified atom stereocenters. The van der Waals surface area contributed by atoms with Crippen LogP contribution in [0.15, 0.2) is 4.52 Å². The van der Waals surface area contributed by atoms with Crippen molar-refractivity contribution in [1.82, 2.24) is 5.16 Å². The van der Waals surface area contributed by atoms with E-state index in [0.29, 0.717) is 12.3 Å². The molecule has 1 aromatic rings.